The molecule has 0 fully saturated rings. The number of nitriles is 1. The topological polar surface area (TPSA) is 125 Å². The second-order valence-corrected chi connectivity index (χ2v) is 4.49. The van der Waals surface area contributed by atoms with Gasteiger partial charge in [0.1, 0.15) is 0 Å². The minimum Gasteiger partial charge on any atom is -0.486 e. The SMILES string of the molecule is N#Cc1cc(I)c(OCCCN=[N+]=[N-])c([N+](=O)[O-])c1. The molecule has 1 aromatic carbocycles. The van der Waals surface area contributed by atoms with Crippen LogP contribution in [0.5, 0.6) is 5.75 Å². The highest BCUT2D eigenvalue weighted by Gasteiger charge is 2.20. The van der Waals surface area contributed by atoms with Crippen molar-refractivity contribution >= 4 is 28.3 Å². The molecule has 0 unspecified atom stereocenters. The summed E-state index contributed by atoms with van der Waals surface area (Å²) in [6.45, 7) is 0.457. The number of halogens is 1. The van der Waals surface area contributed by atoms with E-state index in [0.717, 1.165) is 0 Å². The molecule has 19 heavy (non-hydrogen) atoms. The van der Waals surface area contributed by atoms with Gasteiger partial charge in [-0.1, -0.05) is 5.11 Å². The van der Waals surface area contributed by atoms with Gasteiger partial charge in [-0.2, -0.15) is 5.26 Å². The molecule has 98 valence electrons. The van der Waals surface area contributed by atoms with E-state index in [1.807, 2.05) is 28.7 Å². The molecule has 9 heteroatoms. The van der Waals surface area contributed by atoms with E-state index >= 15 is 0 Å². The van der Waals surface area contributed by atoms with Crippen LogP contribution in [0.1, 0.15) is 12.0 Å². The van der Waals surface area contributed by atoms with E-state index in [1.165, 1.54) is 12.1 Å². The van der Waals surface area contributed by atoms with Gasteiger partial charge in [0.2, 0.25) is 5.75 Å². The Labute approximate surface area is 121 Å². The number of azide groups is 1. The molecule has 0 saturated heterocycles. The van der Waals surface area contributed by atoms with Crippen molar-refractivity contribution in [1.29, 1.82) is 5.26 Å². The monoisotopic (exact) mass is 373 g/mol. The first-order valence-electron chi connectivity index (χ1n) is 5.12. The summed E-state index contributed by atoms with van der Waals surface area (Å²) in [5, 5.41) is 23.0. The molecule has 0 bridgehead atoms. The highest BCUT2D eigenvalue weighted by atomic mass is 127. The van der Waals surface area contributed by atoms with E-state index in [1.54, 1.807) is 0 Å². The van der Waals surface area contributed by atoms with Gasteiger partial charge < -0.3 is 4.74 Å². The van der Waals surface area contributed by atoms with Crippen LogP contribution in [-0.4, -0.2) is 18.1 Å². The fourth-order valence-electron chi connectivity index (χ4n) is 1.28. The molecule has 0 atom stereocenters. The molecule has 1 aromatic rings. The molecule has 0 saturated carbocycles. The van der Waals surface area contributed by atoms with E-state index in [4.69, 9.17) is 15.5 Å². The summed E-state index contributed by atoms with van der Waals surface area (Å²) in [5.41, 5.74) is 8.06. The van der Waals surface area contributed by atoms with Gasteiger partial charge in [-0.05, 0) is 40.6 Å². The lowest BCUT2D eigenvalue weighted by Crippen LogP contribution is -2.04. The highest BCUT2D eigenvalue weighted by Crippen LogP contribution is 2.33. The minimum absolute atomic E-state index is 0.130. The van der Waals surface area contributed by atoms with Gasteiger partial charge >= 0.3 is 5.69 Å². The zero-order chi connectivity index (χ0) is 14.3. The number of rotatable bonds is 6. The van der Waals surface area contributed by atoms with Gasteiger partial charge in [0.25, 0.3) is 0 Å². The predicted molar refractivity (Wildman–Crippen MR) is 74.7 cm³/mol. The lowest BCUT2D eigenvalue weighted by atomic mass is 10.2. The zero-order valence-corrected chi connectivity index (χ0v) is 11.8. The van der Waals surface area contributed by atoms with Crippen LogP contribution in [-0.2, 0) is 0 Å². The Morgan fingerprint density at radius 2 is 2.37 bits per heavy atom. The van der Waals surface area contributed by atoms with Crippen LogP contribution >= 0.6 is 22.6 Å². The highest BCUT2D eigenvalue weighted by molar-refractivity contribution is 14.1. The van der Waals surface area contributed by atoms with Crippen LogP contribution in [0.2, 0.25) is 0 Å². The van der Waals surface area contributed by atoms with Gasteiger partial charge in [0.05, 0.1) is 26.7 Å². The van der Waals surface area contributed by atoms with Gasteiger partial charge in [-0.3, -0.25) is 10.1 Å². The maximum absolute atomic E-state index is 10.9. The van der Waals surface area contributed by atoms with Gasteiger partial charge in [-0.15, -0.1) is 0 Å². The number of hydrogen-bond acceptors (Lipinski definition) is 5. The summed E-state index contributed by atoms with van der Waals surface area (Å²) in [6.07, 6.45) is 0.456. The molecular formula is C10H8IN5O3. The number of nitro benzene ring substituents is 1. The molecule has 0 N–H and O–H groups in total. The fourth-order valence-corrected chi connectivity index (χ4v) is 2.04. The van der Waals surface area contributed by atoms with Crippen molar-refractivity contribution in [3.05, 3.63) is 41.8 Å². The quantitative estimate of drug-likeness (QED) is 0.144. The number of nitrogens with zero attached hydrogens (tertiary/aromatic N) is 5. The van der Waals surface area contributed by atoms with Crippen LogP contribution in [0.4, 0.5) is 5.69 Å². The summed E-state index contributed by atoms with van der Waals surface area (Å²) < 4.78 is 5.83. The van der Waals surface area contributed by atoms with Crippen molar-refractivity contribution in [2.24, 2.45) is 5.11 Å². The molecule has 0 amide bonds. The molecule has 1 rings (SSSR count). The van der Waals surface area contributed by atoms with Gasteiger partial charge in [0, 0.05) is 17.5 Å². The number of nitro groups is 1. The van der Waals surface area contributed by atoms with Crippen LogP contribution in [0.15, 0.2) is 17.2 Å². The maximum atomic E-state index is 10.9. The molecular weight excluding hydrogens is 365 g/mol. The van der Waals surface area contributed by atoms with E-state index in [0.29, 0.717) is 9.99 Å². The summed E-state index contributed by atoms with van der Waals surface area (Å²) >= 11 is 1.87. The second-order valence-electron chi connectivity index (χ2n) is 3.33. The smallest absolute Gasteiger partial charge is 0.313 e. The van der Waals surface area contributed by atoms with E-state index in [-0.39, 0.29) is 30.2 Å². The predicted octanol–water partition coefficient (Wildman–Crippen LogP) is 3.15. The van der Waals surface area contributed by atoms with Crippen LogP contribution in [0, 0.1) is 25.0 Å². The van der Waals surface area contributed by atoms with Crippen molar-refractivity contribution in [2.45, 2.75) is 6.42 Å². The van der Waals surface area contributed by atoms with Crippen LogP contribution in [0.3, 0.4) is 0 Å². The Morgan fingerprint density at radius 3 is 2.95 bits per heavy atom. The number of benzene rings is 1. The molecule has 0 spiro atoms. The third-order valence-corrected chi connectivity index (χ3v) is 2.86. The first kappa shape index (κ1) is 15.0. The van der Waals surface area contributed by atoms with Crippen molar-refractivity contribution in [3.63, 3.8) is 0 Å². The molecule has 0 aliphatic carbocycles. The minimum atomic E-state index is -0.592. The average molecular weight is 373 g/mol. The van der Waals surface area contributed by atoms with Crippen molar-refractivity contribution in [1.82, 2.24) is 0 Å². The Morgan fingerprint density at radius 1 is 1.63 bits per heavy atom. The fraction of sp³-hybridized carbons (Fsp3) is 0.300. The second kappa shape index (κ2) is 7.40. The van der Waals surface area contributed by atoms with Gasteiger partial charge in [0.15, 0.2) is 0 Å². The van der Waals surface area contributed by atoms with Crippen molar-refractivity contribution in [2.75, 3.05) is 13.2 Å². The largest absolute Gasteiger partial charge is 0.486 e. The Hall–Kier alpha value is -2.05. The Balaban J connectivity index is 2.90. The maximum Gasteiger partial charge on any atom is 0.313 e. The third kappa shape index (κ3) is 4.27. The van der Waals surface area contributed by atoms with E-state index in [2.05, 4.69) is 10.0 Å². The summed E-state index contributed by atoms with van der Waals surface area (Å²) in [5.74, 6) is 0.130. The standard InChI is InChI=1S/C10H8IN5O3/c11-8-4-7(6-12)5-9(16(17)18)10(8)19-3-1-2-14-15-13/h4-5H,1-3H2. The zero-order valence-electron chi connectivity index (χ0n) is 9.61. The molecule has 0 radical (unpaired) electrons. The molecule has 0 aromatic heterocycles. The molecule has 0 aliphatic heterocycles. The van der Waals surface area contributed by atoms with Crippen molar-refractivity contribution < 1.29 is 9.66 Å². The molecule has 8 nitrogen and oxygen atoms in total. The molecule has 0 aliphatic rings. The average Bonchev–Trinajstić information content (AvgIpc) is 2.39. The lowest BCUT2D eigenvalue weighted by Gasteiger charge is -2.08. The summed E-state index contributed by atoms with van der Waals surface area (Å²) in [6, 6.07) is 4.54. The van der Waals surface area contributed by atoms with Crippen molar-refractivity contribution in [3.8, 4) is 11.8 Å². The number of ether oxygens (including phenoxy) is 1. The first-order chi connectivity index (χ1) is 9.10. The Bertz CT molecular complexity index is 577. The molecule has 0 heterocycles. The Kier molecular flexibility index (Phi) is 5.84. The van der Waals surface area contributed by atoms with Crippen LogP contribution in [0.25, 0.3) is 10.4 Å². The normalized spacial score (nSPS) is 9.26. The number of hydrogen-bond donors (Lipinski definition) is 0. The first-order valence-corrected chi connectivity index (χ1v) is 6.19. The van der Waals surface area contributed by atoms with E-state index in [9.17, 15) is 10.1 Å². The van der Waals surface area contributed by atoms with Gasteiger partial charge in [-0.25, -0.2) is 0 Å². The van der Waals surface area contributed by atoms with E-state index < -0.39 is 4.92 Å². The summed E-state index contributed by atoms with van der Waals surface area (Å²) in [7, 11) is 0. The van der Waals surface area contributed by atoms with Crippen LogP contribution < -0.4 is 4.74 Å². The summed E-state index contributed by atoms with van der Waals surface area (Å²) in [4.78, 5) is 12.9. The lowest BCUT2D eigenvalue weighted by molar-refractivity contribution is -0.386. The third-order valence-electron chi connectivity index (χ3n) is 2.06.